The van der Waals surface area contributed by atoms with E-state index in [0.29, 0.717) is 16.5 Å². The van der Waals surface area contributed by atoms with E-state index < -0.39 is 0 Å². The largest absolute Gasteiger partial charge is 0.485 e. The standard InChI is InChI=1S/C13H18N4OS/c1-8(2)10-5-4-9(3)6-11(10)18-7-12-15-16-13(19)17(12)14/h4-6,8H,7,14H2,1-3H3,(H,16,19). The lowest BCUT2D eigenvalue weighted by molar-refractivity contribution is 0.288. The molecule has 0 unspecified atom stereocenters. The molecule has 1 heterocycles. The Morgan fingerprint density at radius 2 is 2.21 bits per heavy atom. The number of aromatic nitrogens is 3. The van der Waals surface area contributed by atoms with E-state index in [1.807, 2.05) is 13.0 Å². The van der Waals surface area contributed by atoms with Gasteiger partial charge in [0.1, 0.15) is 12.4 Å². The number of nitrogens with two attached hydrogens (primary N) is 1. The van der Waals surface area contributed by atoms with Crippen molar-refractivity contribution >= 4 is 12.2 Å². The third kappa shape index (κ3) is 2.96. The highest BCUT2D eigenvalue weighted by Crippen LogP contribution is 2.27. The Hall–Kier alpha value is -1.82. The lowest BCUT2D eigenvalue weighted by Crippen LogP contribution is -2.15. The molecule has 19 heavy (non-hydrogen) atoms. The quantitative estimate of drug-likeness (QED) is 0.666. The average molecular weight is 278 g/mol. The molecule has 0 saturated heterocycles. The molecule has 2 rings (SSSR count). The van der Waals surface area contributed by atoms with Crippen molar-refractivity contribution < 1.29 is 4.74 Å². The fraction of sp³-hybridized carbons (Fsp3) is 0.385. The van der Waals surface area contributed by atoms with Crippen molar-refractivity contribution in [2.24, 2.45) is 0 Å². The summed E-state index contributed by atoms with van der Waals surface area (Å²) in [6.07, 6.45) is 0. The molecule has 1 aromatic heterocycles. The van der Waals surface area contributed by atoms with Crippen LogP contribution in [0.15, 0.2) is 18.2 Å². The van der Waals surface area contributed by atoms with E-state index in [0.717, 1.165) is 11.3 Å². The van der Waals surface area contributed by atoms with Crippen LogP contribution in [0.2, 0.25) is 0 Å². The Balaban J connectivity index is 2.21. The first-order chi connectivity index (χ1) is 8.99. The van der Waals surface area contributed by atoms with Crippen molar-refractivity contribution in [2.75, 3.05) is 5.84 Å². The van der Waals surface area contributed by atoms with Crippen LogP contribution in [0, 0.1) is 11.7 Å². The zero-order chi connectivity index (χ0) is 14.0. The summed E-state index contributed by atoms with van der Waals surface area (Å²) in [7, 11) is 0. The van der Waals surface area contributed by atoms with Gasteiger partial charge < -0.3 is 10.6 Å². The zero-order valence-corrected chi connectivity index (χ0v) is 12.1. The van der Waals surface area contributed by atoms with Gasteiger partial charge in [0.2, 0.25) is 4.77 Å². The van der Waals surface area contributed by atoms with Crippen LogP contribution >= 0.6 is 12.2 Å². The van der Waals surface area contributed by atoms with Crippen LogP contribution in [0.25, 0.3) is 0 Å². The smallest absolute Gasteiger partial charge is 0.214 e. The van der Waals surface area contributed by atoms with Gasteiger partial charge in [-0.2, -0.15) is 5.10 Å². The van der Waals surface area contributed by atoms with Gasteiger partial charge in [0, 0.05) is 0 Å². The van der Waals surface area contributed by atoms with E-state index >= 15 is 0 Å². The van der Waals surface area contributed by atoms with Gasteiger partial charge in [-0.1, -0.05) is 26.0 Å². The number of nitrogen functional groups attached to an aromatic ring is 1. The van der Waals surface area contributed by atoms with Gasteiger partial charge in [0.15, 0.2) is 5.82 Å². The minimum atomic E-state index is 0.285. The van der Waals surface area contributed by atoms with Crippen LogP contribution in [0.1, 0.15) is 36.7 Å². The number of H-pyrrole nitrogens is 1. The van der Waals surface area contributed by atoms with Gasteiger partial charge in [-0.15, -0.1) is 0 Å². The Kier molecular flexibility index (Phi) is 3.90. The van der Waals surface area contributed by atoms with Crippen molar-refractivity contribution in [2.45, 2.75) is 33.3 Å². The summed E-state index contributed by atoms with van der Waals surface area (Å²) >= 11 is 4.96. The summed E-state index contributed by atoms with van der Waals surface area (Å²) in [5.41, 5.74) is 2.33. The van der Waals surface area contributed by atoms with Crippen LogP contribution in [0.4, 0.5) is 0 Å². The summed E-state index contributed by atoms with van der Waals surface area (Å²) in [5, 5.41) is 6.66. The molecule has 1 aromatic carbocycles. The molecule has 0 aliphatic carbocycles. The van der Waals surface area contributed by atoms with Crippen LogP contribution < -0.4 is 10.6 Å². The molecule has 0 bridgehead atoms. The lowest BCUT2D eigenvalue weighted by Gasteiger charge is -2.14. The van der Waals surface area contributed by atoms with E-state index in [9.17, 15) is 0 Å². The number of hydrogen-bond donors (Lipinski definition) is 2. The highest BCUT2D eigenvalue weighted by atomic mass is 32.1. The minimum absolute atomic E-state index is 0.285. The molecule has 0 saturated carbocycles. The third-order valence-corrected chi connectivity index (χ3v) is 3.21. The molecular formula is C13H18N4OS. The molecule has 5 nitrogen and oxygen atoms in total. The molecule has 102 valence electrons. The number of nitrogens with one attached hydrogen (secondary N) is 1. The predicted molar refractivity (Wildman–Crippen MR) is 77.2 cm³/mol. The van der Waals surface area contributed by atoms with Crippen LogP contribution in [-0.4, -0.2) is 14.9 Å². The fourth-order valence-corrected chi connectivity index (χ4v) is 1.98. The average Bonchev–Trinajstić information content (AvgIpc) is 2.67. The van der Waals surface area contributed by atoms with E-state index in [-0.39, 0.29) is 6.61 Å². The maximum Gasteiger partial charge on any atom is 0.214 e. The van der Waals surface area contributed by atoms with Crippen LogP contribution in [0.5, 0.6) is 5.75 Å². The van der Waals surface area contributed by atoms with Gasteiger partial charge in [0.05, 0.1) is 0 Å². The Morgan fingerprint density at radius 3 is 2.79 bits per heavy atom. The summed E-state index contributed by atoms with van der Waals surface area (Å²) in [6.45, 7) is 6.59. The molecule has 0 aliphatic heterocycles. The second-order valence-electron chi connectivity index (χ2n) is 4.80. The third-order valence-electron chi connectivity index (χ3n) is 2.93. The van der Waals surface area contributed by atoms with E-state index in [2.05, 4.69) is 36.2 Å². The summed E-state index contributed by atoms with van der Waals surface area (Å²) in [6, 6.07) is 6.20. The molecule has 0 radical (unpaired) electrons. The van der Waals surface area contributed by atoms with Crippen molar-refractivity contribution in [3.63, 3.8) is 0 Å². The van der Waals surface area contributed by atoms with Gasteiger partial charge in [0.25, 0.3) is 0 Å². The number of aromatic amines is 1. The molecule has 0 spiro atoms. The van der Waals surface area contributed by atoms with Crippen molar-refractivity contribution in [1.29, 1.82) is 0 Å². The summed E-state index contributed by atoms with van der Waals surface area (Å²) in [4.78, 5) is 0. The van der Waals surface area contributed by atoms with Crippen molar-refractivity contribution in [3.05, 3.63) is 39.9 Å². The lowest BCUT2D eigenvalue weighted by atomic mass is 10.0. The highest BCUT2D eigenvalue weighted by molar-refractivity contribution is 7.71. The minimum Gasteiger partial charge on any atom is -0.485 e. The number of rotatable bonds is 4. The number of ether oxygens (including phenoxy) is 1. The first-order valence-electron chi connectivity index (χ1n) is 6.13. The Labute approximate surface area is 117 Å². The first-order valence-corrected chi connectivity index (χ1v) is 6.54. The number of aryl methyl sites for hydroxylation is 1. The van der Waals surface area contributed by atoms with E-state index in [1.54, 1.807) is 0 Å². The SMILES string of the molecule is Cc1ccc(C(C)C)c(OCc2n[nH]c(=S)n2N)c1. The maximum absolute atomic E-state index is 5.83. The van der Waals surface area contributed by atoms with Crippen LogP contribution in [0.3, 0.4) is 0 Å². The molecule has 0 atom stereocenters. The molecule has 6 heteroatoms. The fourth-order valence-electron chi connectivity index (χ4n) is 1.82. The topological polar surface area (TPSA) is 68.9 Å². The molecular weight excluding hydrogens is 260 g/mol. The maximum atomic E-state index is 5.83. The highest BCUT2D eigenvalue weighted by Gasteiger charge is 2.10. The predicted octanol–water partition coefficient (Wildman–Crippen LogP) is 2.67. The van der Waals surface area contributed by atoms with E-state index in [1.165, 1.54) is 10.2 Å². The zero-order valence-electron chi connectivity index (χ0n) is 11.3. The Bertz CT molecular complexity index is 630. The van der Waals surface area contributed by atoms with Gasteiger partial charge in [-0.05, 0) is 42.3 Å². The van der Waals surface area contributed by atoms with Crippen LogP contribution in [-0.2, 0) is 6.61 Å². The number of benzene rings is 1. The Morgan fingerprint density at radius 1 is 1.47 bits per heavy atom. The van der Waals surface area contributed by atoms with Gasteiger partial charge in [-0.25, -0.2) is 4.68 Å². The second-order valence-corrected chi connectivity index (χ2v) is 5.19. The number of nitrogens with zero attached hydrogens (tertiary/aromatic N) is 2. The van der Waals surface area contributed by atoms with Gasteiger partial charge in [-0.3, -0.25) is 5.10 Å². The van der Waals surface area contributed by atoms with Crippen molar-refractivity contribution in [1.82, 2.24) is 14.9 Å². The van der Waals surface area contributed by atoms with Crippen molar-refractivity contribution in [3.8, 4) is 5.75 Å². The molecule has 0 amide bonds. The second kappa shape index (κ2) is 5.44. The molecule has 3 N–H and O–H groups in total. The monoisotopic (exact) mass is 278 g/mol. The summed E-state index contributed by atoms with van der Waals surface area (Å²) < 4.78 is 7.53. The molecule has 2 aromatic rings. The number of hydrogen-bond acceptors (Lipinski definition) is 4. The van der Waals surface area contributed by atoms with E-state index in [4.69, 9.17) is 22.8 Å². The normalized spacial score (nSPS) is 10.9. The first kappa shape index (κ1) is 13.6. The molecule has 0 fully saturated rings. The van der Waals surface area contributed by atoms with Gasteiger partial charge >= 0.3 is 0 Å². The molecule has 0 aliphatic rings. The summed E-state index contributed by atoms with van der Waals surface area (Å²) in [5.74, 6) is 7.57.